The Labute approximate surface area is 145 Å². The molecule has 0 spiro atoms. The molecule has 0 radical (unpaired) electrons. The minimum absolute atomic E-state index is 0. The van der Waals surface area contributed by atoms with E-state index in [1.807, 2.05) is 6.92 Å². The van der Waals surface area contributed by atoms with Gasteiger partial charge in [0.2, 0.25) is 0 Å². The van der Waals surface area contributed by atoms with E-state index in [9.17, 15) is 8.42 Å². The van der Waals surface area contributed by atoms with Gasteiger partial charge in [-0.15, -0.1) is 24.0 Å². The van der Waals surface area contributed by atoms with Gasteiger partial charge in [-0.1, -0.05) is 0 Å². The van der Waals surface area contributed by atoms with Gasteiger partial charge in [0.15, 0.2) is 5.96 Å². The summed E-state index contributed by atoms with van der Waals surface area (Å²) in [6, 6.07) is 0. The summed E-state index contributed by atoms with van der Waals surface area (Å²) in [7, 11) is -2.93. The Balaban J connectivity index is 0.00000400. The minimum atomic E-state index is -2.93. The van der Waals surface area contributed by atoms with Crippen LogP contribution < -0.4 is 10.6 Å². The van der Waals surface area contributed by atoms with E-state index in [0.717, 1.165) is 32.1 Å². The predicted octanol–water partition coefficient (Wildman–Crippen LogP) is 1.02. The fourth-order valence-corrected chi connectivity index (χ4v) is 2.06. The molecule has 1 aliphatic rings. The van der Waals surface area contributed by atoms with E-state index in [1.54, 1.807) is 0 Å². The zero-order valence-corrected chi connectivity index (χ0v) is 16.1. The molecule has 0 aliphatic heterocycles. The molecule has 6 nitrogen and oxygen atoms in total. The summed E-state index contributed by atoms with van der Waals surface area (Å²) >= 11 is 0. The van der Waals surface area contributed by atoms with Crippen LogP contribution in [0, 0.1) is 5.92 Å². The summed E-state index contributed by atoms with van der Waals surface area (Å²) in [4.78, 5) is 4.38. The monoisotopic (exact) mass is 433 g/mol. The van der Waals surface area contributed by atoms with Gasteiger partial charge < -0.3 is 15.4 Å². The molecule has 0 aromatic rings. The molecule has 1 rings (SSSR count). The maximum atomic E-state index is 11.0. The van der Waals surface area contributed by atoms with Gasteiger partial charge in [0, 0.05) is 39.1 Å². The highest BCUT2D eigenvalue weighted by Crippen LogP contribution is 2.28. The number of aliphatic imine (C=N–C) groups is 1. The molecule has 0 amide bonds. The highest BCUT2D eigenvalue weighted by molar-refractivity contribution is 14.0. The Morgan fingerprint density at radius 3 is 2.62 bits per heavy atom. The lowest BCUT2D eigenvalue weighted by Gasteiger charge is -2.10. The molecule has 2 N–H and O–H groups in total. The molecule has 0 unspecified atom stereocenters. The maximum Gasteiger partial charge on any atom is 0.191 e. The van der Waals surface area contributed by atoms with Gasteiger partial charge in [0.1, 0.15) is 9.84 Å². The van der Waals surface area contributed by atoms with Crippen LogP contribution in [-0.4, -0.2) is 59.2 Å². The summed E-state index contributed by atoms with van der Waals surface area (Å²) in [5, 5.41) is 6.11. The van der Waals surface area contributed by atoms with Gasteiger partial charge in [-0.05, 0) is 32.1 Å². The van der Waals surface area contributed by atoms with Crippen LogP contribution in [0.5, 0.6) is 0 Å². The maximum absolute atomic E-state index is 11.0. The molecule has 0 saturated heterocycles. The van der Waals surface area contributed by atoms with Crippen molar-refractivity contribution in [3.63, 3.8) is 0 Å². The van der Waals surface area contributed by atoms with Crippen molar-refractivity contribution in [3.8, 4) is 0 Å². The van der Waals surface area contributed by atoms with Crippen molar-refractivity contribution in [2.24, 2.45) is 10.9 Å². The van der Waals surface area contributed by atoms with Crippen molar-refractivity contribution in [3.05, 3.63) is 0 Å². The lowest BCUT2D eigenvalue weighted by atomic mass is 10.4. The Morgan fingerprint density at radius 1 is 1.33 bits per heavy atom. The minimum Gasteiger partial charge on any atom is -0.381 e. The van der Waals surface area contributed by atoms with Crippen LogP contribution in [-0.2, 0) is 14.6 Å². The SMILES string of the molecule is CCNC(=NCCCOCC1CC1)NCCS(C)(=O)=O.I. The van der Waals surface area contributed by atoms with Gasteiger partial charge in [0.05, 0.1) is 5.75 Å². The summed E-state index contributed by atoms with van der Waals surface area (Å²) in [6.45, 7) is 5.41. The van der Waals surface area contributed by atoms with Crippen LogP contribution in [0.1, 0.15) is 26.2 Å². The molecular weight excluding hydrogens is 405 g/mol. The molecular formula is C13H28IN3O3S. The number of sulfone groups is 1. The number of guanidine groups is 1. The van der Waals surface area contributed by atoms with Crippen molar-refractivity contribution in [1.29, 1.82) is 0 Å². The first kappa shape index (κ1) is 20.9. The number of rotatable bonds is 10. The largest absolute Gasteiger partial charge is 0.381 e. The average molecular weight is 433 g/mol. The summed E-state index contributed by atoms with van der Waals surface area (Å²) in [6.07, 6.45) is 4.74. The number of nitrogens with zero attached hydrogens (tertiary/aromatic N) is 1. The van der Waals surface area contributed by atoms with Crippen molar-refractivity contribution in [2.75, 3.05) is 44.9 Å². The second-order valence-electron chi connectivity index (χ2n) is 5.19. The smallest absolute Gasteiger partial charge is 0.191 e. The zero-order valence-electron chi connectivity index (χ0n) is 12.9. The first-order valence-electron chi connectivity index (χ1n) is 7.29. The van der Waals surface area contributed by atoms with Crippen LogP contribution >= 0.6 is 24.0 Å². The van der Waals surface area contributed by atoms with Gasteiger partial charge >= 0.3 is 0 Å². The molecule has 8 heteroatoms. The van der Waals surface area contributed by atoms with Crippen LogP contribution in [0.4, 0.5) is 0 Å². The number of nitrogens with one attached hydrogen (secondary N) is 2. The van der Waals surface area contributed by atoms with Crippen LogP contribution in [0.2, 0.25) is 0 Å². The van der Waals surface area contributed by atoms with E-state index in [1.165, 1.54) is 19.1 Å². The molecule has 21 heavy (non-hydrogen) atoms. The number of halogens is 1. The molecule has 0 atom stereocenters. The van der Waals surface area contributed by atoms with Crippen molar-refractivity contribution in [2.45, 2.75) is 26.2 Å². The standard InChI is InChI=1S/C13H27N3O3S.HI/c1-3-14-13(16-8-10-20(2,17)18)15-7-4-9-19-11-12-5-6-12;/h12H,3-11H2,1-2H3,(H2,14,15,16);1H. The Kier molecular flexibility index (Phi) is 11.4. The highest BCUT2D eigenvalue weighted by Gasteiger charge is 2.20. The summed E-state index contributed by atoms with van der Waals surface area (Å²) in [5.74, 6) is 1.58. The average Bonchev–Trinajstić information content (AvgIpc) is 3.16. The van der Waals surface area contributed by atoms with Crippen molar-refractivity contribution in [1.82, 2.24) is 10.6 Å². The molecule has 0 bridgehead atoms. The summed E-state index contributed by atoms with van der Waals surface area (Å²) < 4.78 is 27.6. The molecule has 126 valence electrons. The Hall–Kier alpha value is -0.0900. The summed E-state index contributed by atoms with van der Waals surface area (Å²) in [5.41, 5.74) is 0. The van der Waals surface area contributed by atoms with Gasteiger partial charge in [-0.3, -0.25) is 4.99 Å². The fourth-order valence-electron chi connectivity index (χ4n) is 1.59. The topological polar surface area (TPSA) is 79.8 Å². The van der Waals surface area contributed by atoms with Gasteiger partial charge in [-0.25, -0.2) is 8.42 Å². The van der Waals surface area contributed by atoms with Crippen molar-refractivity contribution >= 4 is 39.8 Å². The third kappa shape index (κ3) is 13.3. The molecule has 1 fully saturated rings. The third-order valence-corrected chi connectivity index (χ3v) is 3.82. The highest BCUT2D eigenvalue weighted by atomic mass is 127. The number of hydrogen-bond donors (Lipinski definition) is 2. The third-order valence-electron chi connectivity index (χ3n) is 2.88. The zero-order chi connectivity index (χ0) is 14.8. The van der Waals surface area contributed by atoms with E-state index in [-0.39, 0.29) is 29.7 Å². The van der Waals surface area contributed by atoms with Crippen LogP contribution in [0.25, 0.3) is 0 Å². The first-order valence-corrected chi connectivity index (χ1v) is 9.35. The lowest BCUT2D eigenvalue weighted by Crippen LogP contribution is -2.39. The number of hydrogen-bond acceptors (Lipinski definition) is 4. The van der Waals surface area contributed by atoms with E-state index in [4.69, 9.17) is 4.74 Å². The van der Waals surface area contributed by atoms with E-state index >= 15 is 0 Å². The first-order chi connectivity index (χ1) is 9.51. The van der Waals surface area contributed by atoms with Crippen molar-refractivity contribution < 1.29 is 13.2 Å². The van der Waals surface area contributed by atoms with E-state index < -0.39 is 9.84 Å². The fraction of sp³-hybridized carbons (Fsp3) is 0.923. The lowest BCUT2D eigenvalue weighted by molar-refractivity contribution is 0.123. The van der Waals surface area contributed by atoms with Crippen LogP contribution in [0.15, 0.2) is 4.99 Å². The molecule has 0 aromatic carbocycles. The quantitative estimate of drug-likeness (QED) is 0.233. The van der Waals surface area contributed by atoms with Crippen LogP contribution in [0.3, 0.4) is 0 Å². The van der Waals surface area contributed by atoms with Gasteiger partial charge in [0.25, 0.3) is 0 Å². The second-order valence-corrected chi connectivity index (χ2v) is 7.45. The van der Waals surface area contributed by atoms with E-state index in [2.05, 4.69) is 15.6 Å². The molecule has 0 aromatic heterocycles. The van der Waals surface area contributed by atoms with E-state index in [0.29, 0.717) is 19.0 Å². The Bertz CT molecular complexity index is 397. The molecule has 1 aliphatic carbocycles. The Morgan fingerprint density at radius 2 is 2.05 bits per heavy atom. The normalized spacial score (nSPS) is 15.4. The second kappa shape index (κ2) is 11.5. The van der Waals surface area contributed by atoms with Gasteiger partial charge in [-0.2, -0.15) is 0 Å². The number of ether oxygens (including phenoxy) is 1. The molecule has 1 saturated carbocycles. The molecule has 0 heterocycles. The predicted molar refractivity (Wildman–Crippen MR) is 97.3 cm³/mol.